The van der Waals surface area contributed by atoms with Crippen LogP contribution in [-0.2, 0) is 28.6 Å². The summed E-state index contributed by atoms with van der Waals surface area (Å²) in [6, 6.07) is 0. The molecule has 0 saturated carbocycles. The Balaban J connectivity index is 4.50. The van der Waals surface area contributed by atoms with Crippen molar-refractivity contribution in [3.8, 4) is 0 Å². The number of unbranched alkanes of at least 4 members (excludes halogenated alkanes) is 19. The fraction of sp³-hybridized carbons (Fsp3) is 0.603. The van der Waals surface area contributed by atoms with E-state index in [1.54, 1.807) is 0 Å². The van der Waals surface area contributed by atoms with Gasteiger partial charge in [-0.3, -0.25) is 14.4 Å². The van der Waals surface area contributed by atoms with Gasteiger partial charge in [0.25, 0.3) is 0 Å². The monoisotopic (exact) mass is 1090 g/mol. The SMILES string of the molecule is CC/C=C\C/C=C\C/C=C\C/C=C\C/C=C\C/C=C\CCCCCCCCC(=O)OCC(COC(=O)CCCCCCCCC/C=C\C/C=C\CCCCC)OC(=O)CCCCC/C=C\C/C=C\C/C=C\C/C=C\C/C=C\CC. The lowest BCUT2D eigenvalue weighted by Crippen LogP contribution is -2.30. The lowest BCUT2D eigenvalue weighted by atomic mass is 10.1. The lowest BCUT2D eigenvalue weighted by Gasteiger charge is -2.18. The second kappa shape index (κ2) is 65.5. The molecule has 444 valence electrons. The molecular weight excluding hydrogens is 973 g/mol. The third-order valence-corrected chi connectivity index (χ3v) is 13.0. The standard InChI is InChI=1S/C73H116O6/c1-4-7-10-13-16-19-22-25-28-31-33-34-35-36-37-38-40-42-45-48-51-54-57-60-63-66-72(75)78-69-70(68-77-71(74)65-62-59-56-53-50-47-44-41-30-27-24-21-18-15-12-9-6-3)79-73(76)67-64-61-58-55-52-49-46-43-39-32-29-26-23-20-17-14-11-8-5-2/h7-8,10-11,16-21,25-30,33-34,36-37,39-40,42-43,49,52,70H,4-6,9,12-15,22-24,31-32,35,38,41,44-48,50-51,53-69H2,1-3H3/b10-7-,11-8-,19-16-,20-17-,21-18-,28-25-,29-26-,30-27-,34-33-,37-36-,42-40-,43-39-,52-49-. The normalized spacial score (nSPS) is 13.2. The first-order chi connectivity index (χ1) is 39.0. The van der Waals surface area contributed by atoms with Gasteiger partial charge in [-0.2, -0.15) is 0 Å². The van der Waals surface area contributed by atoms with Crippen molar-refractivity contribution in [1.29, 1.82) is 0 Å². The molecule has 6 nitrogen and oxygen atoms in total. The zero-order valence-corrected chi connectivity index (χ0v) is 50.8. The first-order valence-corrected chi connectivity index (χ1v) is 32.0. The highest BCUT2D eigenvalue weighted by Crippen LogP contribution is 2.14. The molecule has 0 N–H and O–H groups in total. The summed E-state index contributed by atoms with van der Waals surface area (Å²) in [5.74, 6) is -0.964. The minimum Gasteiger partial charge on any atom is -0.462 e. The molecule has 0 spiro atoms. The smallest absolute Gasteiger partial charge is 0.306 e. The first-order valence-electron chi connectivity index (χ1n) is 32.0. The number of hydrogen-bond donors (Lipinski definition) is 0. The number of carbonyl (C=O) groups is 3. The van der Waals surface area contributed by atoms with E-state index in [0.717, 1.165) is 154 Å². The van der Waals surface area contributed by atoms with E-state index in [9.17, 15) is 14.4 Å². The van der Waals surface area contributed by atoms with Crippen LogP contribution in [0.4, 0.5) is 0 Å². The summed E-state index contributed by atoms with van der Waals surface area (Å²) < 4.78 is 16.9. The molecule has 0 aliphatic carbocycles. The predicted octanol–water partition coefficient (Wildman–Crippen LogP) is 22.1. The van der Waals surface area contributed by atoms with Gasteiger partial charge in [0, 0.05) is 19.3 Å². The van der Waals surface area contributed by atoms with Gasteiger partial charge >= 0.3 is 17.9 Å². The highest BCUT2D eigenvalue weighted by atomic mass is 16.6. The molecule has 0 aliphatic heterocycles. The second-order valence-corrected chi connectivity index (χ2v) is 20.5. The molecule has 79 heavy (non-hydrogen) atoms. The molecule has 6 heteroatoms. The van der Waals surface area contributed by atoms with Gasteiger partial charge in [-0.05, 0) is 148 Å². The van der Waals surface area contributed by atoms with Crippen LogP contribution in [0.2, 0.25) is 0 Å². The minimum atomic E-state index is -0.815. The van der Waals surface area contributed by atoms with Gasteiger partial charge < -0.3 is 14.2 Å². The molecular formula is C73H116O6. The van der Waals surface area contributed by atoms with E-state index in [1.807, 2.05) is 0 Å². The molecule has 0 bridgehead atoms. The summed E-state index contributed by atoms with van der Waals surface area (Å²) >= 11 is 0. The number of hydrogen-bond acceptors (Lipinski definition) is 6. The number of esters is 3. The van der Waals surface area contributed by atoms with E-state index in [2.05, 4.69) is 179 Å². The molecule has 1 atom stereocenters. The second-order valence-electron chi connectivity index (χ2n) is 20.5. The van der Waals surface area contributed by atoms with Crippen molar-refractivity contribution in [2.24, 2.45) is 0 Å². The van der Waals surface area contributed by atoms with E-state index in [4.69, 9.17) is 14.2 Å². The fourth-order valence-corrected chi connectivity index (χ4v) is 8.27. The average Bonchev–Trinajstić information content (AvgIpc) is 3.45. The van der Waals surface area contributed by atoms with Crippen molar-refractivity contribution in [2.45, 2.75) is 271 Å². The van der Waals surface area contributed by atoms with Crippen LogP contribution in [0.3, 0.4) is 0 Å². The third kappa shape index (κ3) is 63.7. The van der Waals surface area contributed by atoms with Gasteiger partial charge in [-0.25, -0.2) is 0 Å². The fourth-order valence-electron chi connectivity index (χ4n) is 8.27. The molecule has 0 aromatic rings. The van der Waals surface area contributed by atoms with Crippen LogP contribution in [0.15, 0.2) is 158 Å². The molecule has 0 aliphatic rings. The maximum absolute atomic E-state index is 12.9. The minimum absolute atomic E-state index is 0.107. The Labute approximate surface area is 486 Å². The quantitative estimate of drug-likeness (QED) is 0.0261. The Hall–Kier alpha value is -4.97. The van der Waals surface area contributed by atoms with Crippen LogP contribution in [0.5, 0.6) is 0 Å². The first kappa shape index (κ1) is 74.0. The molecule has 0 heterocycles. The Bertz CT molecular complexity index is 1780. The molecule has 0 aromatic heterocycles. The van der Waals surface area contributed by atoms with E-state index >= 15 is 0 Å². The number of rotatable bonds is 56. The van der Waals surface area contributed by atoms with Gasteiger partial charge in [0.05, 0.1) is 0 Å². The maximum atomic E-state index is 12.9. The van der Waals surface area contributed by atoms with E-state index in [0.29, 0.717) is 19.3 Å². The average molecular weight is 1090 g/mol. The largest absolute Gasteiger partial charge is 0.462 e. The molecule has 1 unspecified atom stereocenters. The van der Waals surface area contributed by atoms with Crippen molar-refractivity contribution in [3.05, 3.63) is 158 Å². The Morgan fingerprint density at radius 2 is 0.494 bits per heavy atom. The third-order valence-electron chi connectivity index (χ3n) is 13.0. The van der Waals surface area contributed by atoms with Crippen molar-refractivity contribution >= 4 is 17.9 Å². The van der Waals surface area contributed by atoms with Crippen LogP contribution in [-0.4, -0.2) is 37.2 Å². The van der Waals surface area contributed by atoms with Crippen molar-refractivity contribution in [2.75, 3.05) is 13.2 Å². The summed E-state index contributed by atoms with van der Waals surface area (Å²) in [4.78, 5) is 38.4. The highest BCUT2D eigenvalue weighted by Gasteiger charge is 2.19. The molecule has 0 aromatic carbocycles. The van der Waals surface area contributed by atoms with E-state index < -0.39 is 6.10 Å². The van der Waals surface area contributed by atoms with Crippen molar-refractivity contribution in [1.82, 2.24) is 0 Å². The Morgan fingerprint density at radius 3 is 0.785 bits per heavy atom. The van der Waals surface area contributed by atoms with Crippen LogP contribution in [0.1, 0.15) is 265 Å². The highest BCUT2D eigenvalue weighted by molar-refractivity contribution is 5.71. The van der Waals surface area contributed by atoms with Gasteiger partial charge in [0.2, 0.25) is 0 Å². The molecule has 0 amide bonds. The summed E-state index contributed by atoms with van der Waals surface area (Å²) in [6.07, 6.45) is 95.2. The summed E-state index contributed by atoms with van der Waals surface area (Å²) in [7, 11) is 0. The van der Waals surface area contributed by atoms with Crippen LogP contribution < -0.4 is 0 Å². The topological polar surface area (TPSA) is 78.9 Å². The van der Waals surface area contributed by atoms with Crippen LogP contribution in [0, 0.1) is 0 Å². The van der Waals surface area contributed by atoms with E-state index in [-0.39, 0.29) is 37.5 Å². The van der Waals surface area contributed by atoms with Gasteiger partial charge in [0.15, 0.2) is 6.10 Å². The molecule has 0 fully saturated rings. The van der Waals surface area contributed by atoms with Gasteiger partial charge in [0.1, 0.15) is 13.2 Å². The Morgan fingerprint density at radius 1 is 0.266 bits per heavy atom. The number of carbonyl (C=O) groups excluding carboxylic acids is 3. The number of allylic oxidation sites excluding steroid dienone is 26. The van der Waals surface area contributed by atoms with Crippen molar-refractivity contribution < 1.29 is 28.6 Å². The summed E-state index contributed by atoms with van der Waals surface area (Å²) in [5, 5.41) is 0. The zero-order chi connectivity index (χ0) is 57.1. The lowest BCUT2D eigenvalue weighted by molar-refractivity contribution is -0.167. The molecule has 0 rings (SSSR count). The van der Waals surface area contributed by atoms with Crippen molar-refractivity contribution in [3.63, 3.8) is 0 Å². The summed E-state index contributed by atoms with van der Waals surface area (Å²) in [6.45, 7) is 6.34. The van der Waals surface area contributed by atoms with Crippen LogP contribution >= 0.6 is 0 Å². The predicted molar refractivity (Wildman–Crippen MR) is 343 cm³/mol. The molecule has 0 radical (unpaired) electrons. The number of ether oxygens (including phenoxy) is 3. The van der Waals surface area contributed by atoms with Crippen LogP contribution in [0.25, 0.3) is 0 Å². The zero-order valence-electron chi connectivity index (χ0n) is 50.8. The molecule has 0 saturated heterocycles. The maximum Gasteiger partial charge on any atom is 0.306 e. The summed E-state index contributed by atoms with van der Waals surface area (Å²) in [5.41, 5.74) is 0. The Kier molecular flexibility index (Phi) is 61.4. The van der Waals surface area contributed by atoms with Gasteiger partial charge in [-0.15, -0.1) is 0 Å². The van der Waals surface area contributed by atoms with E-state index in [1.165, 1.54) is 64.2 Å². The van der Waals surface area contributed by atoms with Gasteiger partial charge in [-0.1, -0.05) is 256 Å².